The second-order valence-corrected chi connectivity index (χ2v) is 8.63. The number of aliphatic imine (C=N–C) groups is 1. The summed E-state index contributed by atoms with van der Waals surface area (Å²) in [6.45, 7) is 12.9. The molecule has 0 aromatic carbocycles. The van der Waals surface area contributed by atoms with E-state index in [2.05, 4.69) is 41.5 Å². The number of hydrogen-bond donors (Lipinski definition) is 2. The zero-order valence-electron chi connectivity index (χ0n) is 15.9. The fraction of sp³-hybridized carbons (Fsp3) is 0.667. The van der Waals surface area contributed by atoms with Gasteiger partial charge in [-0.1, -0.05) is 0 Å². The highest BCUT2D eigenvalue weighted by atomic mass is 32.1. The first kappa shape index (κ1) is 19.6. The van der Waals surface area contributed by atoms with E-state index in [9.17, 15) is 4.79 Å². The van der Waals surface area contributed by atoms with Crippen LogP contribution in [0.1, 0.15) is 43.9 Å². The number of amides is 1. The van der Waals surface area contributed by atoms with Gasteiger partial charge in [-0.25, -0.2) is 9.79 Å². The molecule has 2 rings (SSSR count). The molecule has 140 valence electrons. The van der Waals surface area contributed by atoms with Crippen LogP contribution in [0.3, 0.4) is 0 Å². The van der Waals surface area contributed by atoms with Gasteiger partial charge >= 0.3 is 6.09 Å². The quantitative estimate of drug-likeness (QED) is 0.635. The molecule has 0 saturated carbocycles. The number of likely N-dealkylation sites (tertiary alicyclic amines) is 1. The molecule has 1 atom stereocenters. The van der Waals surface area contributed by atoms with Crippen LogP contribution in [0.25, 0.3) is 0 Å². The first-order chi connectivity index (χ1) is 11.8. The molecule has 1 fully saturated rings. The molecule has 6 nitrogen and oxygen atoms in total. The first-order valence-electron chi connectivity index (χ1n) is 8.85. The zero-order valence-corrected chi connectivity index (χ0v) is 16.7. The number of aryl methyl sites for hydroxylation is 1. The normalized spacial score (nSPS) is 18.4. The highest BCUT2D eigenvalue weighted by molar-refractivity contribution is 7.11. The number of nitrogens with one attached hydrogen (secondary N) is 2. The number of carbonyl (C=O) groups is 1. The number of carbonyl (C=O) groups excluding carboxylic acids is 1. The lowest BCUT2D eigenvalue weighted by molar-refractivity contribution is 0.0507. The van der Waals surface area contributed by atoms with Crippen molar-refractivity contribution in [2.24, 2.45) is 4.99 Å². The van der Waals surface area contributed by atoms with Crippen molar-refractivity contribution in [2.75, 3.05) is 19.6 Å². The van der Waals surface area contributed by atoms with E-state index in [-0.39, 0.29) is 12.1 Å². The van der Waals surface area contributed by atoms with Gasteiger partial charge in [0, 0.05) is 29.4 Å². The van der Waals surface area contributed by atoms with E-state index >= 15 is 0 Å². The van der Waals surface area contributed by atoms with Crippen LogP contribution < -0.4 is 10.6 Å². The van der Waals surface area contributed by atoms with E-state index in [1.165, 1.54) is 9.75 Å². The van der Waals surface area contributed by atoms with Gasteiger partial charge in [-0.05, 0) is 53.2 Å². The Balaban J connectivity index is 1.90. The molecule has 1 aromatic rings. The van der Waals surface area contributed by atoms with Gasteiger partial charge in [0.05, 0.1) is 12.6 Å². The van der Waals surface area contributed by atoms with Crippen LogP contribution in [0.15, 0.2) is 17.1 Å². The van der Waals surface area contributed by atoms with Crippen LogP contribution in [0.4, 0.5) is 4.79 Å². The minimum atomic E-state index is -0.475. The number of thiophene rings is 1. The Morgan fingerprint density at radius 3 is 2.80 bits per heavy atom. The Labute approximate surface area is 154 Å². The van der Waals surface area contributed by atoms with E-state index in [4.69, 9.17) is 9.73 Å². The van der Waals surface area contributed by atoms with Gasteiger partial charge in [0.15, 0.2) is 5.96 Å². The molecule has 1 unspecified atom stereocenters. The molecule has 25 heavy (non-hydrogen) atoms. The molecule has 1 aromatic heterocycles. The third-order valence-corrected chi connectivity index (χ3v) is 4.71. The maximum Gasteiger partial charge on any atom is 0.407 e. The SMILES string of the molecule is CCNC(=NCc1ccc(C)s1)N1CCC(NC(=O)OC(C)(C)C)C1. The van der Waals surface area contributed by atoms with Gasteiger partial charge in [0.2, 0.25) is 0 Å². The summed E-state index contributed by atoms with van der Waals surface area (Å²) in [5.41, 5.74) is -0.475. The van der Waals surface area contributed by atoms with Crippen LogP contribution >= 0.6 is 11.3 Å². The lowest BCUT2D eigenvalue weighted by Crippen LogP contribution is -2.44. The van der Waals surface area contributed by atoms with E-state index < -0.39 is 5.60 Å². The van der Waals surface area contributed by atoms with E-state index in [0.717, 1.165) is 32.0 Å². The van der Waals surface area contributed by atoms with Crippen molar-refractivity contribution in [2.45, 2.75) is 59.2 Å². The molecule has 0 aliphatic carbocycles. The number of guanidine groups is 1. The highest BCUT2D eigenvalue weighted by Gasteiger charge is 2.27. The van der Waals surface area contributed by atoms with Crippen LogP contribution in [0.2, 0.25) is 0 Å². The molecule has 7 heteroatoms. The molecule has 1 saturated heterocycles. The average Bonchev–Trinajstić information content (AvgIpc) is 3.10. The van der Waals surface area contributed by atoms with Gasteiger partial charge in [-0.15, -0.1) is 11.3 Å². The lowest BCUT2D eigenvalue weighted by Gasteiger charge is -2.23. The Bertz CT molecular complexity index is 606. The summed E-state index contributed by atoms with van der Waals surface area (Å²) in [6.07, 6.45) is 0.539. The van der Waals surface area contributed by atoms with E-state index in [0.29, 0.717) is 6.54 Å². The van der Waals surface area contributed by atoms with Crippen molar-refractivity contribution in [1.29, 1.82) is 0 Å². The number of hydrogen-bond acceptors (Lipinski definition) is 4. The van der Waals surface area contributed by atoms with E-state index in [1.54, 1.807) is 11.3 Å². The van der Waals surface area contributed by atoms with Gasteiger partial charge in [0.1, 0.15) is 5.60 Å². The van der Waals surface area contributed by atoms with Crippen molar-refractivity contribution in [1.82, 2.24) is 15.5 Å². The van der Waals surface area contributed by atoms with E-state index in [1.807, 2.05) is 20.8 Å². The largest absolute Gasteiger partial charge is 0.444 e. The maximum atomic E-state index is 11.9. The fourth-order valence-electron chi connectivity index (χ4n) is 2.69. The summed E-state index contributed by atoms with van der Waals surface area (Å²) in [5, 5.41) is 6.31. The van der Waals surface area contributed by atoms with Crippen LogP contribution in [0.5, 0.6) is 0 Å². The van der Waals surface area contributed by atoms with Crippen LogP contribution in [0, 0.1) is 6.92 Å². The number of alkyl carbamates (subject to hydrolysis) is 1. The first-order valence-corrected chi connectivity index (χ1v) is 9.66. The van der Waals surface area contributed by atoms with Crippen molar-refractivity contribution in [3.63, 3.8) is 0 Å². The summed E-state index contributed by atoms with van der Waals surface area (Å²) in [6, 6.07) is 4.34. The maximum absolute atomic E-state index is 11.9. The molecule has 0 radical (unpaired) electrons. The predicted octanol–water partition coefficient (Wildman–Crippen LogP) is 3.12. The second-order valence-electron chi connectivity index (χ2n) is 7.26. The molecule has 2 heterocycles. The topological polar surface area (TPSA) is 66.0 Å². The molecule has 1 aliphatic rings. The highest BCUT2D eigenvalue weighted by Crippen LogP contribution is 2.17. The Kier molecular flexibility index (Phi) is 6.70. The molecule has 0 spiro atoms. The summed E-state index contributed by atoms with van der Waals surface area (Å²) >= 11 is 1.78. The third kappa shape index (κ3) is 6.57. The Morgan fingerprint density at radius 1 is 1.44 bits per heavy atom. The third-order valence-electron chi connectivity index (χ3n) is 3.72. The Morgan fingerprint density at radius 2 is 2.20 bits per heavy atom. The smallest absolute Gasteiger partial charge is 0.407 e. The number of rotatable bonds is 4. The minimum Gasteiger partial charge on any atom is -0.444 e. The van der Waals surface area contributed by atoms with Crippen molar-refractivity contribution in [3.8, 4) is 0 Å². The van der Waals surface area contributed by atoms with Gasteiger partial charge < -0.3 is 20.3 Å². The van der Waals surface area contributed by atoms with Gasteiger partial charge in [-0.3, -0.25) is 0 Å². The molecule has 0 bridgehead atoms. The summed E-state index contributed by atoms with van der Waals surface area (Å²) in [5.74, 6) is 0.905. The predicted molar refractivity (Wildman–Crippen MR) is 103 cm³/mol. The summed E-state index contributed by atoms with van der Waals surface area (Å²) in [7, 11) is 0. The van der Waals surface area contributed by atoms with Gasteiger partial charge in [-0.2, -0.15) is 0 Å². The minimum absolute atomic E-state index is 0.0858. The molecular formula is C18H30N4O2S. The van der Waals surface area contributed by atoms with Gasteiger partial charge in [0.25, 0.3) is 0 Å². The van der Waals surface area contributed by atoms with Crippen molar-refractivity contribution >= 4 is 23.4 Å². The zero-order chi connectivity index (χ0) is 18.4. The molecule has 1 amide bonds. The molecule has 2 N–H and O–H groups in total. The van der Waals surface area contributed by atoms with Crippen molar-refractivity contribution < 1.29 is 9.53 Å². The average molecular weight is 367 g/mol. The standard InChI is InChI=1S/C18H30N4O2S/c1-6-19-16(20-11-15-8-7-13(2)25-15)22-10-9-14(12-22)21-17(23)24-18(3,4)5/h7-8,14H,6,9-12H2,1-5H3,(H,19,20)(H,21,23). The van der Waals surface area contributed by atoms with Crippen LogP contribution in [-0.2, 0) is 11.3 Å². The van der Waals surface area contributed by atoms with Crippen molar-refractivity contribution in [3.05, 3.63) is 21.9 Å². The number of ether oxygens (including phenoxy) is 1. The lowest BCUT2D eigenvalue weighted by atomic mass is 10.2. The van der Waals surface area contributed by atoms with Crippen LogP contribution in [-0.4, -0.2) is 48.2 Å². The summed E-state index contributed by atoms with van der Waals surface area (Å²) in [4.78, 5) is 21.4. The molecular weight excluding hydrogens is 336 g/mol. The Hall–Kier alpha value is -1.76. The fourth-order valence-corrected chi connectivity index (χ4v) is 3.51. The monoisotopic (exact) mass is 366 g/mol. The molecule has 1 aliphatic heterocycles. The number of nitrogens with zero attached hydrogens (tertiary/aromatic N) is 2. The second kappa shape index (κ2) is 8.56. The summed E-state index contributed by atoms with van der Waals surface area (Å²) < 4.78 is 5.34.